The van der Waals surface area contributed by atoms with Crippen LogP contribution in [-0.4, -0.2) is 17.2 Å². The zero-order chi connectivity index (χ0) is 6.85. The molecule has 1 heterocycles. The van der Waals surface area contributed by atoms with Gasteiger partial charge < -0.3 is 9.84 Å². The summed E-state index contributed by atoms with van der Waals surface area (Å²) >= 11 is 0. The maximum atomic E-state index is 10.4. The standard InChI is InChI=1S/C6H8O3/c1-4(7)5-2-3-6(8)9-5/h2,4,7H,3H2,1H3. The smallest absolute Gasteiger partial charge is 0.314 e. The van der Waals surface area contributed by atoms with E-state index in [2.05, 4.69) is 4.74 Å². The van der Waals surface area contributed by atoms with E-state index >= 15 is 0 Å². The van der Waals surface area contributed by atoms with E-state index in [0.29, 0.717) is 12.2 Å². The van der Waals surface area contributed by atoms with Gasteiger partial charge in [0.05, 0.1) is 6.42 Å². The Labute approximate surface area is 52.9 Å². The van der Waals surface area contributed by atoms with Crippen LogP contribution in [0.15, 0.2) is 11.8 Å². The number of rotatable bonds is 1. The van der Waals surface area contributed by atoms with Crippen molar-refractivity contribution in [2.75, 3.05) is 0 Å². The Morgan fingerprint density at radius 2 is 2.56 bits per heavy atom. The highest BCUT2D eigenvalue weighted by molar-refractivity contribution is 5.75. The maximum Gasteiger partial charge on any atom is 0.314 e. The van der Waals surface area contributed by atoms with Crippen LogP contribution in [0.1, 0.15) is 13.3 Å². The van der Waals surface area contributed by atoms with Gasteiger partial charge >= 0.3 is 5.97 Å². The normalized spacial score (nSPS) is 21.1. The van der Waals surface area contributed by atoms with E-state index in [4.69, 9.17) is 5.11 Å². The minimum Gasteiger partial charge on any atom is -0.428 e. The molecule has 9 heavy (non-hydrogen) atoms. The first-order chi connectivity index (χ1) is 4.20. The SMILES string of the molecule is CC(O)C1=CCC(=O)O1. The van der Waals surface area contributed by atoms with E-state index in [1.165, 1.54) is 0 Å². The second-order valence-electron chi connectivity index (χ2n) is 1.96. The molecule has 0 bridgehead atoms. The Hall–Kier alpha value is -0.830. The predicted molar refractivity (Wildman–Crippen MR) is 30.5 cm³/mol. The molecule has 0 aromatic heterocycles. The first kappa shape index (κ1) is 6.29. The molecule has 1 unspecified atom stereocenters. The number of esters is 1. The molecule has 1 aliphatic heterocycles. The summed E-state index contributed by atoms with van der Waals surface area (Å²) in [5, 5.41) is 8.82. The van der Waals surface area contributed by atoms with Gasteiger partial charge in [-0.1, -0.05) is 0 Å². The van der Waals surface area contributed by atoms with Gasteiger partial charge in [-0.25, -0.2) is 0 Å². The Morgan fingerprint density at radius 1 is 1.89 bits per heavy atom. The van der Waals surface area contributed by atoms with Crippen molar-refractivity contribution >= 4 is 5.97 Å². The van der Waals surface area contributed by atoms with Crippen molar-refractivity contribution in [3.63, 3.8) is 0 Å². The molecule has 0 radical (unpaired) electrons. The zero-order valence-electron chi connectivity index (χ0n) is 5.13. The third-order valence-electron chi connectivity index (χ3n) is 1.11. The van der Waals surface area contributed by atoms with Crippen LogP contribution in [0.4, 0.5) is 0 Å². The highest BCUT2D eigenvalue weighted by Crippen LogP contribution is 2.13. The number of carbonyl (C=O) groups is 1. The minimum absolute atomic E-state index is 0.286. The largest absolute Gasteiger partial charge is 0.428 e. The Balaban J connectivity index is 2.55. The van der Waals surface area contributed by atoms with Crippen LogP contribution in [0.2, 0.25) is 0 Å². The molecule has 1 N–H and O–H groups in total. The summed E-state index contributed by atoms with van der Waals surface area (Å²) in [5.41, 5.74) is 0. The molecule has 50 valence electrons. The zero-order valence-corrected chi connectivity index (χ0v) is 5.13. The molecule has 0 aliphatic carbocycles. The van der Waals surface area contributed by atoms with Gasteiger partial charge in [0, 0.05) is 0 Å². The Morgan fingerprint density at radius 3 is 2.78 bits per heavy atom. The van der Waals surface area contributed by atoms with Crippen molar-refractivity contribution in [1.82, 2.24) is 0 Å². The van der Waals surface area contributed by atoms with Gasteiger partial charge in [0.25, 0.3) is 0 Å². The molecule has 0 spiro atoms. The lowest BCUT2D eigenvalue weighted by Crippen LogP contribution is -2.06. The molecule has 0 saturated heterocycles. The van der Waals surface area contributed by atoms with Gasteiger partial charge in [-0.2, -0.15) is 0 Å². The molecule has 1 aliphatic rings. The third-order valence-corrected chi connectivity index (χ3v) is 1.11. The summed E-state index contributed by atoms with van der Waals surface area (Å²) < 4.78 is 4.59. The molecule has 1 atom stereocenters. The van der Waals surface area contributed by atoms with Crippen LogP contribution in [0.3, 0.4) is 0 Å². The van der Waals surface area contributed by atoms with Gasteiger partial charge in [0.1, 0.15) is 11.9 Å². The lowest BCUT2D eigenvalue weighted by Gasteiger charge is -2.02. The first-order valence-electron chi connectivity index (χ1n) is 2.79. The fraction of sp³-hybridized carbons (Fsp3) is 0.500. The molecule has 0 fully saturated rings. The van der Waals surface area contributed by atoms with Gasteiger partial charge in [-0.05, 0) is 13.0 Å². The third kappa shape index (κ3) is 1.29. The summed E-state index contributed by atoms with van der Waals surface area (Å²) in [4.78, 5) is 10.4. The average Bonchev–Trinajstić information content (AvgIpc) is 2.14. The molecule has 0 aromatic rings. The van der Waals surface area contributed by atoms with Crippen molar-refractivity contribution in [3.8, 4) is 0 Å². The molecule has 3 nitrogen and oxygen atoms in total. The second kappa shape index (κ2) is 2.19. The number of hydrogen-bond donors (Lipinski definition) is 1. The lowest BCUT2D eigenvalue weighted by molar-refractivity contribution is -0.137. The monoisotopic (exact) mass is 128 g/mol. The van der Waals surface area contributed by atoms with E-state index < -0.39 is 6.10 Å². The second-order valence-corrected chi connectivity index (χ2v) is 1.96. The van der Waals surface area contributed by atoms with Gasteiger partial charge in [-0.15, -0.1) is 0 Å². The van der Waals surface area contributed by atoms with E-state index in [1.807, 2.05) is 0 Å². The predicted octanol–water partition coefficient (Wildman–Crippen LogP) is 0.198. The molecule has 0 amide bonds. The number of hydrogen-bond acceptors (Lipinski definition) is 3. The van der Waals surface area contributed by atoms with Gasteiger partial charge in [-0.3, -0.25) is 4.79 Å². The summed E-state index contributed by atoms with van der Waals surface area (Å²) in [6.45, 7) is 1.56. The van der Waals surface area contributed by atoms with Gasteiger partial charge in [0.15, 0.2) is 0 Å². The maximum absolute atomic E-state index is 10.4. The van der Waals surface area contributed by atoms with E-state index in [0.717, 1.165) is 0 Å². The van der Waals surface area contributed by atoms with E-state index in [1.54, 1.807) is 13.0 Å². The summed E-state index contributed by atoms with van der Waals surface area (Å²) in [6.07, 6.45) is 1.23. The molecule has 3 heteroatoms. The number of cyclic esters (lactones) is 1. The molecule has 0 saturated carbocycles. The average molecular weight is 128 g/mol. The molecular formula is C6H8O3. The van der Waals surface area contributed by atoms with Crippen LogP contribution in [0.25, 0.3) is 0 Å². The topological polar surface area (TPSA) is 46.5 Å². The van der Waals surface area contributed by atoms with Crippen LogP contribution >= 0.6 is 0 Å². The van der Waals surface area contributed by atoms with Gasteiger partial charge in [0.2, 0.25) is 0 Å². The number of carbonyl (C=O) groups excluding carboxylic acids is 1. The van der Waals surface area contributed by atoms with Crippen LogP contribution in [0, 0.1) is 0 Å². The van der Waals surface area contributed by atoms with Crippen LogP contribution in [-0.2, 0) is 9.53 Å². The van der Waals surface area contributed by atoms with Crippen molar-refractivity contribution in [1.29, 1.82) is 0 Å². The van der Waals surface area contributed by atoms with Crippen LogP contribution < -0.4 is 0 Å². The summed E-state index contributed by atoms with van der Waals surface area (Å²) in [6, 6.07) is 0. The number of ether oxygens (including phenoxy) is 1. The summed E-state index contributed by atoms with van der Waals surface area (Å²) in [5.74, 6) is 0.0888. The Bertz CT molecular complexity index is 158. The van der Waals surface area contributed by atoms with Crippen molar-refractivity contribution < 1.29 is 14.6 Å². The molecule has 0 aromatic carbocycles. The van der Waals surface area contributed by atoms with Crippen molar-refractivity contribution in [2.45, 2.75) is 19.4 Å². The lowest BCUT2D eigenvalue weighted by atomic mass is 10.3. The first-order valence-corrected chi connectivity index (χ1v) is 2.79. The minimum atomic E-state index is -0.656. The number of aliphatic hydroxyl groups is 1. The number of aliphatic hydroxyl groups excluding tert-OH is 1. The molecule has 1 rings (SSSR count). The summed E-state index contributed by atoms with van der Waals surface area (Å²) in [7, 11) is 0. The fourth-order valence-corrected chi connectivity index (χ4v) is 0.655. The quantitative estimate of drug-likeness (QED) is 0.513. The van der Waals surface area contributed by atoms with Crippen LogP contribution in [0.5, 0.6) is 0 Å². The molecular weight excluding hydrogens is 120 g/mol. The highest BCUT2D eigenvalue weighted by atomic mass is 16.5. The highest BCUT2D eigenvalue weighted by Gasteiger charge is 2.17. The fourth-order valence-electron chi connectivity index (χ4n) is 0.655. The van der Waals surface area contributed by atoms with Crippen molar-refractivity contribution in [3.05, 3.63) is 11.8 Å². The van der Waals surface area contributed by atoms with E-state index in [9.17, 15) is 4.79 Å². The Kier molecular flexibility index (Phi) is 1.53. The van der Waals surface area contributed by atoms with E-state index in [-0.39, 0.29) is 5.97 Å². The van der Waals surface area contributed by atoms with Crippen molar-refractivity contribution in [2.24, 2.45) is 0 Å².